The standard InChI is InChI=1S/C27H43N3O3S/c1-2-3-4-5-6-7-8-9-10-11-12-15-25(31)30-27(34)29-23-18-16-22(17-19-23)26(32)28-21-24-14-13-20-33-24/h16-19,24H,2-15,20-21H2,1H3,(H,28,32)(H2,29,30,31,34). The van der Waals surface area contributed by atoms with Gasteiger partial charge in [-0.05, 0) is 55.7 Å². The van der Waals surface area contributed by atoms with Gasteiger partial charge < -0.3 is 20.7 Å². The van der Waals surface area contributed by atoms with Crippen molar-refractivity contribution >= 4 is 34.8 Å². The normalized spacial score (nSPS) is 15.1. The highest BCUT2D eigenvalue weighted by atomic mass is 32.1. The first-order chi connectivity index (χ1) is 16.6. The van der Waals surface area contributed by atoms with Gasteiger partial charge in [0.15, 0.2) is 5.11 Å². The lowest BCUT2D eigenvalue weighted by molar-refractivity contribution is -0.119. The summed E-state index contributed by atoms with van der Waals surface area (Å²) in [6, 6.07) is 7.04. The molecule has 3 N–H and O–H groups in total. The number of thiocarbonyl (C=S) groups is 1. The van der Waals surface area contributed by atoms with E-state index in [1.807, 2.05) is 0 Å². The van der Waals surface area contributed by atoms with Crippen LogP contribution in [0.2, 0.25) is 0 Å². The minimum atomic E-state index is -0.120. The van der Waals surface area contributed by atoms with Crippen molar-refractivity contribution in [3.05, 3.63) is 29.8 Å². The Labute approximate surface area is 211 Å². The van der Waals surface area contributed by atoms with E-state index < -0.39 is 0 Å². The van der Waals surface area contributed by atoms with Gasteiger partial charge >= 0.3 is 0 Å². The zero-order chi connectivity index (χ0) is 24.4. The summed E-state index contributed by atoms with van der Waals surface area (Å²) in [6.07, 6.45) is 16.5. The van der Waals surface area contributed by atoms with E-state index >= 15 is 0 Å². The van der Waals surface area contributed by atoms with Crippen LogP contribution < -0.4 is 16.0 Å². The Hall–Kier alpha value is -1.99. The Morgan fingerprint density at radius 1 is 0.941 bits per heavy atom. The molecule has 1 heterocycles. The monoisotopic (exact) mass is 489 g/mol. The van der Waals surface area contributed by atoms with Crippen LogP contribution in [0.5, 0.6) is 0 Å². The van der Waals surface area contributed by atoms with Crippen LogP contribution in [0.25, 0.3) is 0 Å². The molecule has 0 aromatic heterocycles. The van der Waals surface area contributed by atoms with E-state index in [1.54, 1.807) is 24.3 Å². The molecule has 1 saturated heterocycles. The first kappa shape index (κ1) is 28.2. The van der Waals surface area contributed by atoms with Gasteiger partial charge in [0, 0.05) is 30.8 Å². The number of hydrogen-bond acceptors (Lipinski definition) is 4. The van der Waals surface area contributed by atoms with E-state index in [-0.39, 0.29) is 23.0 Å². The molecule has 1 atom stereocenters. The maximum Gasteiger partial charge on any atom is 0.251 e. The average Bonchev–Trinajstić information content (AvgIpc) is 3.35. The lowest BCUT2D eigenvalue weighted by atomic mass is 10.1. The third-order valence-electron chi connectivity index (χ3n) is 6.18. The predicted octanol–water partition coefficient (Wildman–Crippen LogP) is 6.11. The van der Waals surface area contributed by atoms with E-state index in [4.69, 9.17) is 17.0 Å². The van der Waals surface area contributed by atoms with Crippen LogP contribution in [0, 0.1) is 0 Å². The molecule has 1 aromatic rings. The number of rotatable bonds is 16. The maximum atomic E-state index is 12.3. The molecule has 0 spiro atoms. The highest BCUT2D eigenvalue weighted by molar-refractivity contribution is 7.80. The Morgan fingerprint density at radius 2 is 1.56 bits per heavy atom. The molecule has 0 bridgehead atoms. The first-order valence-electron chi connectivity index (χ1n) is 13.2. The Bertz CT molecular complexity index is 733. The smallest absolute Gasteiger partial charge is 0.251 e. The number of anilines is 1. The molecule has 0 saturated carbocycles. The number of ether oxygens (including phenoxy) is 1. The summed E-state index contributed by atoms with van der Waals surface area (Å²) in [5.41, 5.74) is 1.31. The second-order valence-corrected chi connectivity index (χ2v) is 9.62. The number of amides is 2. The van der Waals surface area contributed by atoms with Gasteiger partial charge in [-0.3, -0.25) is 9.59 Å². The molecule has 0 aliphatic carbocycles. The fourth-order valence-electron chi connectivity index (χ4n) is 4.12. The Kier molecular flexibility index (Phi) is 14.5. The average molecular weight is 490 g/mol. The molecule has 1 fully saturated rings. The van der Waals surface area contributed by atoms with Crippen LogP contribution in [0.3, 0.4) is 0 Å². The number of nitrogens with one attached hydrogen (secondary N) is 3. The van der Waals surface area contributed by atoms with E-state index in [9.17, 15) is 9.59 Å². The number of hydrogen-bond donors (Lipinski definition) is 3. The molecule has 1 aliphatic rings. The van der Waals surface area contributed by atoms with Gasteiger partial charge in [-0.25, -0.2) is 0 Å². The molecule has 1 aliphatic heterocycles. The number of carbonyl (C=O) groups excluding carboxylic acids is 2. The summed E-state index contributed by atoms with van der Waals surface area (Å²) in [7, 11) is 0. The summed E-state index contributed by atoms with van der Waals surface area (Å²) in [6.45, 7) is 3.56. The van der Waals surface area contributed by atoms with Crippen LogP contribution >= 0.6 is 12.2 Å². The maximum absolute atomic E-state index is 12.3. The SMILES string of the molecule is CCCCCCCCCCCCCC(=O)NC(=S)Nc1ccc(C(=O)NCC2CCCO2)cc1. The lowest BCUT2D eigenvalue weighted by Gasteiger charge is -2.12. The van der Waals surface area contributed by atoms with Gasteiger partial charge in [-0.1, -0.05) is 71.1 Å². The van der Waals surface area contributed by atoms with Gasteiger partial charge in [-0.15, -0.1) is 0 Å². The van der Waals surface area contributed by atoms with Crippen molar-refractivity contribution < 1.29 is 14.3 Å². The quantitative estimate of drug-likeness (QED) is 0.193. The summed E-state index contributed by atoms with van der Waals surface area (Å²) in [5, 5.41) is 8.94. The second-order valence-electron chi connectivity index (χ2n) is 9.21. The first-order valence-corrected chi connectivity index (χ1v) is 13.6. The summed E-state index contributed by atoms with van der Waals surface area (Å²) in [5.74, 6) is -0.177. The highest BCUT2D eigenvalue weighted by Crippen LogP contribution is 2.13. The summed E-state index contributed by atoms with van der Waals surface area (Å²) >= 11 is 5.25. The molecule has 7 heteroatoms. The summed E-state index contributed by atoms with van der Waals surface area (Å²) < 4.78 is 5.52. The van der Waals surface area contributed by atoms with E-state index in [2.05, 4.69) is 22.9 Å². The minimum absolute atomic E-state index is 0.0569. The summed E-state index contributed by atoms with van der Waals surface area (Å²) in [4.78, 5) is 24.4. The van der Waals surface area contributed by atoms with E-state index in [1.165, 1.54) is 57.8 Å². The number of carbonyl (C=O) groups is 2. The van der Waals surface area contributed by atoms with Gasteiger partial charge in [-0.2, -0.15) is 0 Å². The highest BCUT2D eigenvalue weighted by Gasteiger charge is 2.16. The third kappa shape index (κ3) is 12.5. The molecule has 1 aromatic carbocycles. The Balaban J connectivity index is 1.51. The van der Waals surface area contributed by atoms with Gasteiger partial charge in [0.25, 0.3) is 5.91 Å². The van der Waals surface area contributed by atoms with Crippen LogP contribution in [0.15, 0.2) is 24.3 Å². The third-order valence-corrected chi connectivity index (χ3v) is 6.38. The second kappa shape index (κ2) is 17.4. The predicted molar refractivity (Wildman–Crippen MR) is 143 cm³/mol. The van der Waals surface area contributed by atoms with Crippen LogP contribution in [-0.4, -0.2) is 36.2 Å². The van der Waals surface area contributed by atoms with Gasteiger partial charge in [0.2, 0.25) is 5.91 Å². The van der Waals surface area contributed by atoms with Crippen molar-refractivity contribution in [1.29, 1.82) is 0 Å². The van der Waals surface area contributed by atoms with Crippen LogP contribution in [0.1, 0.15) is 107 Å². The van der Waals surface area contributed by atoms with Crippen molar-refractivity contribution in [1.82, 2.24) is 10.6 Å². The van der Waals surface area contributed by atoms with Crippen molar-refractivity contribution in [3.63, 3.8) is 0 Å². The van der Waals surface area contributed by atoms with Crippen molar-refractivity contribution in [2.75, 3.05) is 18.5 Å². The molecule has 0 radical (unpaired) electrons. The molecule has 2 rings (SSSR count). The van der Waals surface area contributed by atoms with Crippen molar-refractivity contribution in [3.8, 4) is 0 Å². The topological polar surface area (TPSA) is 79.5 Å². The fraction of sp³-hybridized carbons (Fsp3) is 0.667. The number of unbranched alkanes of at least 4 members (excludes halogenated alkanes) is 10. The lowest BCUT2D eigenvalue weighted by Crippen LogP contribution is -2.34. The van der Waals surface area contributed by atoms with Crippen LogP contribution in [-0.2, 0) is 9.53 Å². The van der Waals surface area contributed by atoms with Crippen molar-refractivity contribution in [2.24, 2.45) is 0 Å². The molecular weight excluding hydrogens is 446 g/mol. The largest absolute Gasteiger partial charge is 0.376 e. The molecule has 34 heavy (non-hydrogen) atoms. The molecule has 6 nitrogen and oxygen atoms in total. The minimum Gasteiger partial charge on any atom is -0.376 e. The fourth-order valence-corrected chi connectivity index (χ4v) is 4.35. The molecule has 190 valence electrons. The van der Waals surface area contributed by atoms with Crippen molar-refractivity contribution in [2.45, 2.75) is 103 Å². The van der Waals surface area contributed by atoms with E-state index in [0.29, 0.717) is 18.5 Å². The molecular formula is C27H43N3O3S. The van der Waals surface area contributed by atoms with Gasteiger partial charge in [0.1, 0.15) is 0 Å². The van der Waals surface area contributed by atoms with Gasteiger partial charge in [0.05, 0.1) is 6.10 Å². The molecule has 1 unspecified atom stereocenters. The van der Waals surface area contributed by atoms with E-state index in [0.717, 1.165) is 38.0 Å². The molecule has 2 amide bonds. The van der Waals surface area contributed by atoms with Crippen LogP contribution in [0.4, 0.5) is 5.69 Å². The zero-order valence-electron chi connectivity index (χ0n) is 20.8. The zero-order valence-corrected chi connectivity index (χ0v) is 21.6. The number of benzene rings is 1. The Morgan fingerprint density at radius 3 is 2.15 bits per heavy atom.